The Labute approximate surface area is 174 Å². The van der Waals surface area contributed by atoms with Crippen molar-refractivity contribution in [2.75, 3.05) is 18.9 Å². The first-order valence-corrected chi connectivity index (χ1v) is 9.91. The molecule has 0 atom stereocenters. The zero-order valence-electron chi connectivity index (χ0n) is 14.8. The van der Waals surface area contributed by atoms with E-state index in [2.05, 4.69) is 9.46 Å². The van der Waals surface area contributed by atoms with Crippen LogP contribution in [0, 0.1) is 5.82 Å². The number of rotatable bonds is 6. The first-order chi connectivity index (χ1) is 13.4. The van der Waals surface area contributed by atoms with E-state index in [0.717, 1.165) is 4.21 Å². The molecule has 0 aliphatic carbocycles. The fraction of sp³-hybridized carbons (Fsp3) is 0.105. The number of carbonyl (C=O) groups is 1. The maximum atomic E-state index is 13.7. The highest BCUT2D eigenvalue weighted by atomic mass is 35.5. The third-order valence-electron chi connectivity index (χ3n) is 3.79. The van der Waals surface area contributed by atoms with Gasteiger partial charge in [-0.15, -0.1) is 11.3 Å². The van der Waals surface area contributed by atoms with Gasteiger partial charge in [0.15, 0.2) is 0 Å². The van der Waals surface area contributed by atoms with Crippen LogP contribution in [-0.2, 0) is 4.74 Å². The van der Waals surface area contributed by atoms with Crippen LogP contribution in [0.1, 0.15) is 10.4 Å². The van der Waals surface area contributed by atoms with Crippen LogP contribution >= 0.6 is 34.9 Å². The second-order valence-electron chi connectivity index (χ2n) is 5.53. The van der Waals surface area contributed by atoms with Gasteiger partial charge in [0.25, 0.3) is 0 Å². The van der Waals surface area contributed by atoms with Crippen molar-refractivity contribution in [1.29, 1.82) is 0 Å². The number of halogens is 2. The van der Waals surface area contributed by atoms with Gasteiger partial charge >= 0.3 is 5.97 Å². The summed E-state index contributed by atoms with van der Waals surface area (Å²) in [6, 6.07) is 10.6. The highest BCUT2D eigenvalue weighted by Gasteiger charge is 2.16. The molecule has 146 valence electrons. The molecule has 0 saturated carbocycles. The summed E-state index contributed by atoms with van der Waals surface area (Å²) >= 11 is 8.94. The van der Waals surface area contributed by atoms with Crippen molar-refractivity contribution in [3.63, 3.8) is 0 Å². The average molecular weight is 440 g/mol. The molecule has 0 fully saturated rings. The zero-order chi connectivity index (χ0) is 20.3. The van der Waals surface area contributed by atoms with E-state index in [1.54, 1.807) is 12.1 Å². The van der Waals surface area contributed by atoms with Crippen LogP contribution in [0.25, 0.3) is 11.1 Å². The molecule has 1 heterocycles. The van der Waals surface area contributed by atoms with E-state index in [1.165, 1.54) is 61.8 Å². The van der Waals surface area contributed by atoms with Gasteiger partial charge < -0.3 is 19.3 Å². The van der Waals surface area contributed by atoms with Gasteiger partial charge in [0.2, 0.25) is 0 Å². The minimum atomic E-state index is -0.615. The lowest BCUT2D eigenvalue weighted by Gasteiger charge is -2.08. The number of phenols is 1. The number of hydrogen-bond donors (Lipinski definition) is 2. The lowest BCUT2D eigenvalue weighted by atomic mass is 10.1. The standard InChI is InChI=1S/C19H15ClFNO4S2/c1-25-16-6-3-10(21)7-13(16)14-9-17(27-18(14)20)28-22-11-4-5-12(15(23)8-11)19(24)26-2/h3-9,22-23H,1-2H3. The van der Waals surface area contributed by atoms with E-state index >= 15 is 0 Å². The van der Waals surface area contributed by atoms with Gasteiger partial charge in [-0.3, -0.25) is 0 Å². The van der Waals surface area contributed by atoms with Gasteiger partial charge in [-0.05, 0) is 48.3 Å². The molecule has 1 aromatic heterocycles. The molecule has 0 spiro atoms. The predicted molar refractivity (Wildman–Crippen MR) is 110 cm³/mol. The number of ether oxygens (including phenoxy) is 2. The van der Waals surface area contributed by atoms with Gasteiger partial charge in [-0.25, -0.2) is 9.18 Å². The normalized spacial score (nSPS) is 10.6. The molecule has 0 unspecified atom stereocenters. The summed E-state index contributed by atoms with van der Waals surface area (Å²) in [4.78, 5) is 11.5. The number of aromatic hydroxyl groups is 1. The molecule has 28 heavy (non-hydrogen) atoms. The van der Waals surface area contributed by atoms with Crippen LogP contribution in [0.2, 0.25) is 4.34 Å². The second kappa shape index (κ2) is 8.72. The first-order valence-electron chi connectivity index (χ1n) is 7.90. The molecule has 0 saturated heterocycles. The molecule has 3 rings (SSSR count). The average Bonchev–Trinajstić information content (AvgIpc) is 3.06. The molecule has 3 aromatic rings. The summed E-state index contributed by atoms with van der Waals surface area (Å²) in [5, 5.41) is 9.95. The van der Waals surface area contributed by atoms with Crippen LogP contribution < -0.4 is 9.46 Å². The summed E-state index contributed by atoms with van der Waals surface area (Å²) < 4.78 is 27.9. The van der Waals surface area contributed by atoms with Gasteiger partial charge in [0, 0.05) is 22.9 Å². The van der Waals surface area contributed by atoms with E-state index in [4.69, 9.17) is 16.3 Å². The number of thiophene rings is 1. The molecular weight excluding hydrogens is 425 g/mol. The van der Waals surface area contributed by atoms with Gasteiger partial charge in [0.1, 0.15) is 27.2 Å². The molecule has 0 aliphatic rings. The molecule has 0 bridgehead atoms. The Morgan fingerprint density at radius 1 is 1.18 bits per heavy atom. The maximum Gasteiger partial charge on any atom is 0.341 e. The second-order valence-corrected chi connectivity index (χ2v) is 8.29. The van der Waals surface area contributed by atoms with Crippen LogP contribution in [-0.4, -0.2) is 25.3 Å². The van der Waals surface area contributed by atoms with Gasteiger partial charge in [0.05, 0.1) is 18.4 Å². The minimum Gasteiger partial charge on any atom is -0.507 e. The quantitative estimate of drug-likeness (QED) is 0.372. The molecule has 2 N–H and O–H groups in total. The topological polar surface area (TPSA) is 67.8 Å². The number of esters is 1. The third-order valence-corrected chi connectivity index (χ3v) is 6.10. The number of phenolic OH excluding ortho intramolecular Hbond substituents is 1. The summed E-state index contributed by atoms with van der Waals surface area (Å²) in [6.45, 7) is 0. The lowest BCUT2D eigenvalue weighted by molar-refractivity contribution is 0.0597. The molecule has 0 amide bonds. The van der Waals surface area contributed by atoms with E-state index in [-0.39, 0.29) is 17.1 Å². The van der Waals surface area contributed by atoms with Crippen molar-refractivity contribution in [3.8, 4) is 22.6 Å². The van der Waals surface area contributed by atoms with E-state index in [0.29, 0.717) is 26.9 Å². The zero-order valence-corrected chi connectivity index (χ0v) is 17.2. The molecule has 5 nitrogen and oxygen atoms in total. The van der Waals surface area contributed by atoms with Crippen LogP contribution in [0.15, 0.2) is 46.7 Å². The van der Waals surface area contributed by atoms with E-state index < -0.39 is 5.97 Å². The third kappa shape index (κ3) is 4.35. The van der Waals surface area contributed by atoms with Crippen molar-refractivity contribution in [3.05, 3.63) is 58.2 Å². The fourth-order valence-corrected chi connectivity index (χ4v) is 4.70. The molecule has 2 aromatic carbocycles. The number of benzene rings is 2. The monoisotopic (exact) mass is 439 g/mol. The van der Waals surface area contributed by atoms with Crippen LogP contribution in [0.4, 0.5) is 10.1 Å². The highest BCUT2D eigenvalue weighted by Crippen LogP contribution is 2.43. The number of methoxy groups -OCH3 is 2. The van der Waals surface area contributed by atoms with Crippen LogP contribution in [0.3, 0.4) is 0 Å². The Bertz CT molecular complexity index is 1030. The fourth-order valence-electron chi connectivity index (χ4n) is 2.46. The lowest BCUT2D eigenvalue weighted by Crippen LogP contribution is -2.01. The first kappa shape index (κ1) is 20.3. The molecule has 9 heteroatoms. The summed E-state index contributed by atoms with van der Waals surface area (Å²) in [5.74, 6) is -0.664. The Morgan fingerprint density at radius 3 is 2.64 bits per heavy atom. The maximum absolute atomic E-state index is 13.7. The molecular formula is C19H15ClFNO4S2. The van der Waals surface area contributed by atoms with Gasteiger partial charge in [-0.2, -0.15) is 0 Å². The van der Waals surface area contributed by atoms with Crippen molar-refractivity contribution >= 4 is 46.5 Å². The Morgan fingerprint density at radius 2 is 1.96 bits per heavy atom. The number of hydrogen-bond acceptors (Lipinski definition) is 7. The minimum absolute atomic E-state index is 0.0812. The predicted octanol–water partition coefficient (Wildman–Crippen LogP) is 5.83. The van der Waals surface area contributed by atoms with Crippen molar-refractivity contribution < 1.29 is 23.8 Å². The van der Waals surface area contributed by atoms with E-state index in [1.807, 2.05) is 6.07 Å². The summed E-state index contributed by atoms with van der Waals surface area (Å²) in [7, 11) is 2.76. The Kier molecular flexibility index (Phi) is 6.33. The smallest absolute Gasteiger partial charge is 0.341 e. The number of nitrogens with one attached hydrogen (secondary N) is 1. The number of anilines is 1. The van der Waals surface area contributed by atoms with Crippen molar-refractivity contribution in [1.82, 2.24) is 0 Å². The van der Waals surface area contributed by atoms with E-state index in [9.17, 15) is 14.3 Å². The van der Waals surface area contributed by atoms with Gasteiger partial charge in [-0.1, -0.05) is 11.6 Å². The molecule has 0 aliphatic heterocycles. The highest BCUT2D eigenvalue weighted by molar-refractivity contribution is 8.02. The molecule has 0 radical (unpaired) electrons. The van der Waals surface area contributed by atoms with Crippen LogP contribution in [0.5, 0.6) is 11.5 Å². The van der Waals surface area contributed by atoms with Crippen molar-refractivity contribution in [2.45, 2.75) is 4.21 Å². The SMILES string of the molecule is COC(=O)c1ccc(NSc2cc(-c3cc(F)ccc3OC)c(Cl)s2)cc1O. The number of carbonyl (C=O) groups excluding carboxylic acids is 1. The van der Waals surface area contributed by atoms with Crippen molar-refractivity contribution in [2.24, 2.45) is 0 Å². The Balaban J connectivity index is 1.79. The summed E-state index contributed by atoms with van der Waals surface area (Å²) in [5.41, 5.74) is 1.90. The largest absolute Gasteiger partial charge is 0.507 e. The summed E-state index contributed by atoms with van der Waals surface area (Å²) in [6.07, 6.45) is 0. The Hall–Kier alpha value is -2.42.